The van der Waals surface area contributed by atoms with Crippen LogP contribution in [-0.2, 0) is 29.1 Å². The van der Waals surface area contributed by atoms with Crippen molar-refractivity contribution in [1.29, 1.82) is 0 Å². The number of hydrogen-bond acceptors (Lipinski definition) is 3. The van der Waals surface area contributed by atoms with Gasteiger partial charge in [0, 0.05) is 18.4 Å². The Bertz CT molecular complexity index is 1310. The minimum absolute atomic E-state index is 0.192. The van der Waals surface area contributed by atoms with Crippen molar-refractivity contribution < 1.29 is 15.3 Å². The molecule has 3 heteroatoms. The van der Waals surface area contributed by atoms with Gasteiger partial charge in [0.05, 0.1) is 0 Å². The predicted octanol–water partition coefficient (Wildman–Crippen LogP) is 8.49. The first kappa shape index (κ1) is 28.6. The monoisotopic (exact) mass is 502 g/mol. The van der Waals surface area contributed by atoms with Gasteiger partial charge in [-0.05, 0) is 63.5 Å². The van der Waals surface area contributed by atoms with Crippen LogP contribution in [0, 0.1) is 13.8 Å². The minimum Gasteiger partial charge on any atom is -0.507 e. The zero-order valence-electron chi connectivity index (χ0n) is 24.7. The van der Waals surface area contributed by atoms with Crippen LogP contribution in [0.25, 0.3) is 0 Å². The Morgan fingerprint density at radius 3 is 1.30 bits per heavy atom. The highest BCUT2D eigenvalue weighted by atomic mass is 16.3. The van der Waals surface area contributed by atoms with Gasteiger partial charge < -0.3 is 15.3 Å². The highest BCUT2D eigenvalue weighted by Gasteiger charge is 2.27. The molecule has 3 aromatic carbocycles. The third kappa shape index (κ3) is 6.14. The molecule has 3 nitrogen and oxygen atoms in total. The summed E-state index contributed by atoms with van der Waals surface area (Å²) in [5.41, 5.74) is 7.69. The van der Waals surface area contributed by atoms with E-state index in [2.05, 4.69) is 68.4 Å². The van der Waals surface area contributed by atoms with Gasteiger partial charge in [0.2, 0.25) is 0 Å². The Morgan fingerprint density at radius 1 is 0.486 bits per heavy atom. The van der Waals surface area contributed by atoms with Gasteiger partial charge in [0.1, 0.15) is 17.2 Å². The van der Waals surface area contributed by atoms with Crippen LogP contribution in [-0.4, -0.2) is 15.3 Å². The van der Waals surface area contributed by atoms with Crippen LogP contribution in [0.15, 0.2) is 36.4 Å². The maximum Gasteiger partial charge on any atom is 0.122 e. The number of rotatable bonds is 4. The van der Waals surface area contributed by atoms with E-state index < -0.39 is 0 Å². The second kappa shape index (κ2) is 9.74. The number of benzene rings is 3. The average Bonchev–Trinajstić information content (AvgIpc) is 2.73. The topological polar surface area (TPSA) is 60.7 Å². The van der Waals surface area contributed by atoms with Gasteiger partial charge in [-0.1, -0.05) is 110 Å². The Labute approximate surface area is 224 Å². The molecular weight excluding hydrogens is 456 g/mol. The van der Waals surface area contributed by atoms with Crippen LogP contribution >= 0.6 is 0 Å². The summed E-state index contributed by atoms with van der Waals surface area (Å²) in [4.78, 5) is 0. The summed E-state index contributed by atoms with van der Waals surface area (Å²) in [5.74, 6) is 0.836. The molecule has 0 aromatic heterocycles. The molecule has 0 spiro atoms. The van der Waals surface area contributed by atoms with Gasteiger partial charge in [0.15, 0.2) is 0 Å². The standard InChI is InChI=1S/C34H46O3/c1-20-14-23(30(36)27(16-20)33(6,7)8)18-22-12-13-26(32(3,4)5)25(29(22)35)19-24-15-21(2)17-28(31(24)37)34(9,10)11/h12-17,35-37H,18-19H2,1-11H3. The summed E-state index contributed by atoms with van der Waals surface area (Å²) in [7, 11) is 0. The maximum atomic E-state index is 11.7. The molecular formula is C34H46O3. The summed E-state index contributed by atoms with van der Waals surface area (Å²) in [6.45, 7) is 23.1. The van der Waals surface area contributed by atoms with Gasteiger partial charge >= 0.3 is 0 Å². The molecule has 0 saturated carbocycles. The van der Waals surface area contributed by atoms with Crippen molar-refractivity contribution in [2.24, 2.45) is 0 Å². The lowest BCUT2D eigenvalue weighted by molar-refractivity contribution is 0.437. The first-order chi connectivity index (χ1) is 16.8. The number of hydrogen-bond donors (Lipinski definition) is 3. The van der Waals surface area contributed by atoms with Crippen LogP contribution in [0.5, 0.6) is 17.2 Å². The van der Waals surface area contributed by atoms with E-state index in [-0.39, 0.29) is 22.0 Å². The summed E-state index contributed by atoms with van der Waals surface area (Å²) < 4.78 is 0. The molecule has 0 heterocycles. The van der Waals surface area contributed by atoms with E-state index >= 15 is 0 Å². The smallest absolute Gasteiger partial charge is 0.122 e. The van der Waals surface area contributed by atoms with E-state index in [0.29, 0.717) is 24.3 Å². The second-order valence-corrected chi connectivity index (χ2v) is 13.8. The number of aromatic hydroxyl groups is 3. The molecule has 0 aliphatic heterocycles. The molecule has 37 heavy (non-hydrogen) atoms. The molecule has 0 aliphatic carbocycles. The number of aryl methyl sites for hydroxylation is 2. The van der Waals surface area contributed by atoms with Crippen molar-refractivity contribution in [3.8, 4) is 17.2 Å². The lowest BCUT2D eigenvalue weighted by Gasteiger charge is -2.27. The van der Waals surface area contributed by atoms with E-state index in [9.17, 15) is 15.3 Å². The first-order valence-corrected chi connectivity index (χ1v) is 13.3. The van der Waals surface area contributed by atoms with Crippen molar-refractivity contribution in [1.82, 2.24) is 0 Å². The fraction of sp³-hybridized carbons (Fsp3) is 0.471. The predicted molar refractivity (Wildman–Crippen MR) is 156 cm³/mol. The van der Waals surface area contributed by atoms with Crippen molar-refractivity contribution in [3.63, 3.8) is 0 Å². The fourth-order valence-corrected chi connectivity index (χ4v) is 5.23. The van der Waals surface area contributed by atoms with Crippen LogP contribution < -0.4 is 0 Å². The lowest BCUT2D eigenvalue weighted by atomic mass is 9.78. The van der Waals surface area contributed by atoms with Gasteiger partial charge in [-0.2, -0.15) is 0 Å². The van der Waals surface area contributed by atoms with Crippen LogP contribution in [0.1, 0.15) is 112 Å². The number of phenols is 3. The number of phenolic OH excluding ortho intramolecular Hbond substituents is 3. The second-order valence-electron chi connectivity index (χ2n) is 13.8. The van der Waals surface area contributed by atoms with Crippen LogP contribution in [0.2, 0.25) is 0 Å². The molecule has 0 fully saturated rings. The first-order valence-electron chi connectivity index (χ1n) is 13.3. The normalized spacial score (nSPS) is 12.7. The van der Waals surface area contributed by atoms with E-state index in [4.69, 9.17) is 0 Å². The molecule has 0 atom stereocenters. The molecule has 3 N–H and O–H groups in total. The highest BCUT2D eigenvalue weighted by molar-refractivity contribution is 5.56. The highest BCUT2D eigenvalue weighted by Crippen LogP contribution is 2.42. The van der Waals surface area contributed by atoms with E-state index in [1.54, 1.807) is 0 Å². The molecule has 200 valence electrons. The fourth-order valence-electron chi connectivity index (χ4n) is 5.23. The zero-order valence-corrected chi connectivity index (χ0v) is 24.7. The van der Waals surface area contributed by atoms with E-state index in [1.165, 1.54) is 0 Å². The largest absolute Gasteiger partial charge is 0.507 e. The third-order valence-electron chi connectivity index (χ3n) is 7.20. The van der Waals surface area contributed by atoms with Gasteiger partial charge in [0.25, 0.3) is 0 Å². The van der Waals surface area contributed by atoms with E-state index in [0.717, 1.165) is 50.1 Å². The summed E-state index contributed by atoms with van der Waals surface area (Å²) >= 11 is 0. The summed E-state index contributed by atoms with van der Waals surface area (Å²) in [6, 6.07) is 12.2. The minimum atomic E-state index is -0.199. The molecule has 3 aromatic rings. The summed E-state index contributed by atoms with van der Waals surface area (Å²) in [6.07, 6.45) is 0.850. The SMILES string of the molecule is Cc1cc(Cc2ccc(C(C)(C)C)c(Cc3cc(C)cc(C(C)(C)C)c3O)c2O)c(O)c(C(C)(C)C)c1. The van der Waals surface area contributed by atoms with Crippen molar-refractivity contribution in [2.45, 2.75) is 105 Å². The third-order valence-corrected chi connectivity index (χ3v) is 7.20. The van der Waals surface area contributed by atoms with Crippen molar-refractivity contribution >= 4 is 0 Å². The Balaban J connectivity index is 2.18. The summed E-state index contributed by atoms with van der Waals surface area (Å²) in [5, 5.41) is 34.1. The van der Waals surface area contributed by atoms with E-state index in [1.807, 2.05) is 44.2 Å². The molecule has 0 saturated heterocycles. The van der Waals surface area contributed by atoms with Gasteiger partial charge in [-0.15, -0.1) is 0 Å². The van der Waals surface area contributed by atoms with Crippen molar-refractivity contribution in [2.75, 3.05) is 0 Å². The maximum absolute atomic E-state index is 11.7. The van der Waals surface area contributed by atoms with Crippen molar-refractivity contribution in [3.05, 3.63) is 86.5 Å². The molecule has 0 unspecified atom stereocenters. The quantitative estimate of drug-likeness (QED) is 0.335. The molecule has 0 amide bonds. The zero-order chi connectivity index (χ0) is 28.1. The average molecular weight is 503 g/mol. The van der Waals surface area contributed by atoms with Crippen LogP contribution in [0.3, 0.4) is 0 Å². The lowest BCUT2D eigenvalue weighted by Crippen LogP contribution is -2.16. The molecule has 0 aliphatic rings. The molecule has 0 bridgehead atoms. The Morgan fingerprint density at radius 2 is 0.892 bits per heavy atom. The van der Waals surface area contributed by atoms with Gasteiger partial charge in [-0.25, -0.2) is 0 Å². The molecule has 3 rings (SSSR count). The molecule has 0 radical (unpaired) electrons. The van der Waals surface area contributed by atoms with Crippen LogP contribution in [0.4, 0.5) is 0 Å². The Kier molecular flexibility index (Phi) is 7.54. The Hall–Kier alpha value is -2.94. The van der Waals surface area contributed by atoms with Gasteiger partial charge in [-0.3, -0.25) is 0 Å².